The second kappa shape index (κ2) is 7.70. The van der Waals surface area contributed by atoms with Crippen molar-refractivity contribution in [3.8, 4) is 0 Å². The number of nitrogens with zero attached hydrogens (tertiary/aromatic N) is 1. The molecule has 0 aromatic carbocycles. The Morgan fingerprint density at radius 1 is 1.29 bits per heavy atom. The molecule has 1 saturated heterocycles. The quantitative estimate of drug-likeness (QED) is 0.838. The number of hydrogen-bond acceptors (Lipinski definition) is 5. The van der Waals surface area contributed by atoms with Crippen LogP contribution in [-0.4, -0.2) is 50.5 Å². The van der Waals surface area contributed by atoms with Gasteiger partial charge >= 0.3 is 0 Å². The lowest BCUT2D eigenvalue weighted by Crippen LogP contribution is -2.27. The van der Waals surface area contributed by atoms with E-state index in [0.29, 0.717) is 6.04 Å². The molecule has 1 fully saturated rings. The minimum atomic E-state index is 0.191. The van der Waals surface area contributed by atoms with Gasteiger partial charge in [-0.2, -0.15) is 0 Å². The van der Waals surface area contributed by atoms with E-state index in [1.54, 1.807) is 14.2 Å². The van der Waals surface area contributed by atoms with Gasteiger partial charge in [-0.1, -0.05) is 13.8 Å². The van der Waals surface area contributed by atoms with Crippen molar-refractivity contribution in [3.63, 3.8) is 0 Å². The molecule has 0 amide bonds. The fourth-order valence-electron chi connectivity index (χ4n) is 2.78. The maximum Gasteiger partial charge on any atom is 0.0971 e. The van der Waals surface area contributed by atoms with E-state index in [0.717, 1.165) is 26.2 Å². The van der Waals surface area contributed by atoms with Crippen molar-refractivity contribution in [2.24, 2.45) is 0 Å². The van der Waals surface area contributed by atoms with E-state index in [2.05, 4.69) is 37.1 Å². The highest BCUT2D eigenvalue weighted by Gasteiger charge is 2.33. The molecule has 1 N–H and O–H groups in total. The molecule has 0 bridgehead atoms. The monoisotopic (exact) mass is 312 g/mol. The first-order valence-electron chi connectivity index (χ1n) is 7.63. The summed E-state index contributed by atoms with van der Waals surface area (Å²) in [6.45, 7) is 10.4. The lowest BCUT2D eigenvalue weighted by molar-refractivity contribution is -0.00461. The highest BCUT2D eigenvalue weighted by molar-refractivity contribution is 7.12. The van der Waals surface area contributed by atoms with E-state index in [9.17, 15) is 0 Å². The van der Waals surface area contributed by atoms with Gasteiger partial charge in [0.05, 0.1) is 12.2 Å². The topological polar surface area (TPSA) is 33.7 Å². The number of likely N-dealkylation sites (tertiary alicyclic amines) is 1. The molecule has 1 aromatic rings. The van der Waals surface area contributed by atoms with Crippen LogP contribution >= 0.6 is 11.3 Å². The third-order valence-corrected chi connectivity index (χ3v) is 5.14. The molecule has 120 valence electrons. The zero-order chi connectivity index (χ0) is 15.4. The van der Waals surface area contributed by atoms with Crippen LogP contribution in [0.3, 0.4) is 0 Å². The van der Waals surface area contributed by atoms with Crippen LogP contribution in [0, 0.1) is 6.92 Å². The highest BCUT2D eigenvalue weighted by Crippen LogP contribution is 2.25. The number of thiophene rings is 1. The fourth-order valence-corrected chi connectivity index (χ4v) is 3.78. The van der Waals surface area contributed by atoms with Crippen LogP contribution in [0.2, 0.25) is 0 Å². The highest BCUT2D eigenvalue weighted by atomic mass is 32.1. The third kappa shape index (κ3) is 4.50. The minimum absolute atomic E-state index is 0.191. The molecule has 5 heteroatoms. The van der Waals surface area contributed by atoms with Crippen molar-refractivity contribution < 1.29 is 9.47 Å². The number of ether oxygens (including phenoxy) is 2. The summed E-state index contributed by atoms with van der Waals surface area (Å²) in [5.74, 6) is 0. The van der Waals surface area contributed by atoms with Gasteiger partial charge < -0.3 is 14.8 Å². The molecule has 1 aliphatic heterocycles. The third-order valence-electron chi connectivity index (χ3n) is 4.05. The Labute approximate surface area is 132 Å². The molecule has 0 saturated carbocycles. The number of hydrogen-bond donors (Lipinski definition) is 1. The largest absolute Gasteiger partial charge is 0.377 e. The van der Waals surface area contributed by atoms with Crippen LogP contribution < -0.4 is 5.32 Å². The average molecular weight is 312 g/mol. The first-order valence-corrected chi connectivity index (χ1v) is 8.44. The standard InChI is InChI=1S/C16H28N2O2S/c1-11(2)17-7-14-6-13(12(3)21-14)8-18-9-15(19-4)16(10-18)20-5/h6,11,15-17H,7-10H2,1-5H3. The van der Waals surface area contributed by atoms with Gasteiger partial charge in [0.1, 0.15) is 0 Å². The van der Waals surface area contributed by atoms with E-state index >= 15 is 0 Å². The summed E-state index contributed by atoms with van der Waals surface area (Å²) >= 11 is 1.90. The number of rotatable bonds is 7. The number of aryl methyl sites for hydroxylation is 1. The Morgan fingerprint density at radius 2 is 1.90 bits per heavy atom. The molecule has 2 unspecified atom stereocenters. The van der Waals surface area contributed by atoms with Crippen LogP contribution in [0.25, 0.3) is 0 Å². The number of nitrogens with one attached hydrogen (secondary N) is 1. The van der Waals surface area contributed by atoms with Crippen LogP contribution in [0.1, 0.15) is 29.2 Å². The van der Waals surface area contributed by atoms with E-state index in [1.807, 2.05) is 11.3 Å². The molecule has 21 heavy (non-hydrogen) atoms. The Bertz CT molecular complexity index is 435. The summed E-state index contributed by atoms with van der Waals surface area (Å²) in [6, 6.07) is 2.87. The Morgan fingerprint density at radius 3 is 2.43 bits per heavy atom. The average Bonchev–Trinajstić information content (AvgIpc) is 3.00. The Kier molecular flexibility index (Phi) is 6.20. The van der Waals surface area contributed by atoms with E-state index in [1.165, 1.54) is 15.3 Å². The van der Waals surface area contributed by atoms with Crippen LogP contribution in [0.4, 0.5) is 0 Å². The lowest BCUT2D eigenvalue weighted by Gasteiger charge is -2.14. The second-order valence-electron chi connectivity index (χ2n) is 6.07. The minimum Gasteiger partial charge on any atom is -0.377 e. The summed E-state index contributed by atoms with van der Waals surface area (Å²) in [6.07, 6.45) is 0.382. The molecule has 1 aromatic heterocycles. The Balaban J connectivity index is 1.94. The zero-order valence-corrected chi connectivity index (χ0v) is 14.6. The van der Waals surface area contributed by atoms with Crippen LogP contribution in [0.5, 0.6) is 0 Å². The molecule has 0 aliphatic carbocycles. The summed E-state index contributed by atoms with van der Waals surface area (Å²) < 4.78 is 11.0. The fraction of sp³-hybridized carbons (Fsp3) is 0.750. The van der Waals surface area contributed by atoms with Gasteiger partial charge in [0, 0.05) is 56.2 Å². The van der Waals surface area contributed by atoms with Crippen LogP contribution in [0.15, 0.2) is 6.07 Å². The van der Waals surface area contributed by atoms with Gasteiger partial charge in [-0.25, -0.2) is 0 Å². The van der Waals surface area contributed by atoms with Crippen molar-refractivity contribution in [1.82, 2.24) is 10.2 Å². The molecule has 2 atom stereocenters. The number of methoxy groups -OCH3 is 2. The zero-order valence-electron chi connectivity index (χ0n) is 13.8. The summed E-state index contributed by atoms with van der Waals surface area (Å²) in [4.78, 5) is 5.27. The van der Waals surface area contributed by atoms with E-state index in [-0.39, 0.29) is 12.2 Å². The van der Waals surface area contributed by atoms with Gasteiger partial charge in [-0.05, 0) is 18.6 Å². The van der Waals surface area contributed by atoms with Gasteiger partial charge in [0.25, 0.3) is 0 Å². The normalized spacial score (nSPS) is 23.3. The van der Waals surface area contributed by atoms with Gasteiger partial charge in [-0.15, -0.1) is 11.3 Å². The Hall–Kier alpha value is -0.460. The lowest BCUT2D eigenvalue weighted by atomic mass is 10.2. The summed E-state index contributed by atoms with van der Waals surface area (Å²) in [5.41, 5.74) is 1.44. The smallest absolute Gasteiger partial charge is 0.0971 e. The molecule has 4 nitrogen and oxygen atoms in total. The van der Waals surface area contributed by atoms with Crippen molar-refractivity contribution in [3.05, 3.63) is 21.4 Å². The first-order chi connectivity index (χ1) is 10.0. The van der Waals surface area contributed by atoms with E-state index < -0.39 is 0 Å². The molecule has 0 radical (unpaired) electrons. The molecule has 2 heterocycles. The molecule has 2 rings (SSSR count). The SMILES string of the molecule is COC1CN(Cc2cc(CNC(C)C)sc2C)CC1OC. The van der Waals surface area contributed by atoms with Crippen LogP contribution in [-0.2, 0) is 22.6 Å². The summed E-state index contributed by atoms with van der Waals surface area (Å²) in [7, 11) is 3.54. The van der Waals surface area contributed by atoms with Crippen molar-refractivity contribution >= 4 is 11.3 Å². The molecule has 0 spiro atoms. The van der Waals surface area contributed by atoms with Gasteiger partial charge in [0.15, 0.2) is 0 Å². The molecular weight excluding hydrogens is 284 g/mol. The molecule has 1 aliphatic rings. The van der Waals surface area contributed by atoms with Crippen molar-refractivity contribution in [1.29, 1.82) is 0 Å². The maximum atomic E-state index is 5.51. The first kappa shape index (κ1) is 16.9. The van der Waals surface area contributed by atoms with Gasteiger partial charge in [-0.3, -0.25) is 4.90 Å². The second-order valence-corrected chi connectivity index (χ2v) is 7.41. The van der Waals surface area contributed by atoms with Gasteiger partial charge in [0.2, 0.25) is 0 Å². The maximum absolute atomic E-state index is 5.51. The predicted molar refractivity (Wildman–Crippen MR) is 87.9 cm³/mol. The molecular formula is C16H28N2O2S. The van der Waals surface area contributed by atoms with Crippen molar-refractivity contribution in [2.75, 3.05) is 27.3 Å². The summed E-state index contributed by atoms with van der Waals surface area (Å²) in [5, 5.41) is 3.49. The van der Waals surface area contributed by atoms with E-state index in [4.69, 9.17) is 9.47 Å². The predicted octanol–water partition coefficient (Wildman–Crippen LogP) is 2.40. The van der Waals surface area contributed by atoms with Crippen molar-refractivity contribution in [2.45, 2.75) is 52.1 Å².